The molecule has 1 aliphatic heterocycles. The quantitative estimate of drug-likeness (QED) is 0.507. The van der Waals surface area contributed by atoms with Crippen molar-refractivity contribution in [3.63, 3.8) is 0 Å². The van der Waals surface area contributed by atoms with Crippen LogP contribution in [0.4, 0.5) is 15.8 Å². The molecule has 25 heavy (non-hydrogen) atoms. The van der Waals surface area contributed by atoms with Crippen molar-refractivity contribution in [2.75, 3.05) is 11.9 Å². The molecule has 3 atom stereocenters. The highest BCUT2D eigenvalue weighted by Crippen LogP contribution is 2.27. The molecular weight excluding hydrogens is 333 g/mol. The van der Waals surface area contributed by atoms with Crippen LogP contribution in [-0.4, -0.2) is 40.9 Å². The molecule has 138 valence electrons. The number of hydrogen-bond donors (Lipinski definition) is 3. The van der Waals surface area contributed by atoms with Gasteiger partial charge in [0.2, 0.25) is 5.91 Å². The number of anilines is 1. The Morgan fingerprint density at radius 2 is 2.24 bits per heavy atom. The van der Waals surface area contributed by atoms with Crippen molar-refractivity contribution in [1.29, 1.82) is 0 Å². The number of nitrogens with zero attached hydrogens (tertiary/aromatic N) is 1. The predicted octanol–water partition coefficient (Wildman–Crippen LogP) is 1.78. The molecule has 3 N–H and O–H groups in total. The van der Waals surface area contributed by atoms with Crippen LogP contribution in [-0.2, 0) is 9.53 Å². The van der Waals surface area contributed by atoms with E-state index in [-0.39, 0.29) is 11.6 Å². The van der Waals surface area contributed by atoms with Crippen LogP contribution < -0.4 is 10.6 Å². The summed E-state index contributed by atoms with van der Waals surface area (Å²) in [6, 6.07) is 1.85. The van der Waals surface area contributed by atoms with Crippen LogP contribution >= 0.6 is 0 Å². The first-order chi connectivity index (χ1) is 11.8. The second-order valence-corrected chi connectivity index (χ2v) is 6.41. The normalized spacial score (nSPS) is 21.2. The van der Waals surface area contributed by atoms with E-state index in [1.165, 1.54) is 6.07 Å². The highest BCUT2D eigenvalue weighted by atomic mass is 19.1. The van der Waals surface area contributed by atoms with E-state index < -0.39 is 40.7 Å². The van der Waals surface area contributed by atoms with Crippen molar-refractivity contribution in [1.82, 2.24) is 5.32 Å². The molecule has 1 aliphatic rings. The molecule has 1 aromatic carbocycles. The Balaban J connectivity index is 2.17. The number of benzene rings is 1. The van der Waals surface area contributed by atoms with Gasteiger partial charge in [0.15, 0.2) is 6.29 Å². The number of ether oxygens (including phenoxy) is 1. The Bertz CT molecular complexity index is 640. The topological polar surface area (TPSA) is 114 Å². The number of nitrogens with one attached hydrogen (secondary N) is 2. The van der Waals surface area contributed by atoms with Crippen molar-refractivity contribution < 1.29 is 24.0 Å². The molecule has 1 amide bonds. The van der Waals surface area contributed by atoms with Crippen molar-refractivity contribution in [2.24, 2.45) is 5.92 Å². The maximum atomic E-state index is 13.3. The molecule has 0 bridgehead atoms. The highest BCUT2D eigenvalue weighted by Gasteiger charge is 2.31. The second-order valence-electron chi connectivity index (χ2n) is 6.41. The lowest BCUT2D eigenvalue weighted by Gasteiger charge is -2.24. The monoisotopic (exact) mass is 355 g/mol. The predicted molar refractivity (Wildman–Crippen MR) is 88.4 cm³/mol. The standard InChI is InChI=1S/C16H22FN3O5/c1-9(2)7-13(15(21)19-12-5-6-25-16(12)22)18-11-4-3-10(17)8-14(11)20(23)24/h3-4,8-9,12-13,16,18,22H,5-7H2,1-2H3,(H,19,21). The number of nitro benzene ring substituents is 1. The summed E-state index contributed by atoms with van der Waals surface area (Å²) in [5.74, 6) is -0.997. The first-order valence-electron chi connectivity index (χ1n) is 8.08. The zero-order valence-electron chi connectivity index (χ0n) is 14.1. The number of rotatable bonds is 7. The number of carbonyl (C=O) groups excluding carboxylic acids is 1. The number of amides is 1. The van der Waals surface area contributed by atoms with Crippen LogP contribution in [0.3, 0.4) is 0 Å². The molecule has 3 unspecified atom stereocenters. The van der Waals surface area contributed by atoms with E-state index in [0.29, 0.717) is 19.4 Å². The van der Waals surface area contributed by atoms with Gasteiger partial charge < -0.3 is 20.5 Å². The van der Waals surface area contributed by atoms with Gasteiger partial charge >= 0.3 is 0 Å². The molecule has 0 radical (unpaired) electrons. The first-order valence-corrected chi connectivity index (χ1v) is 8.08. The van der Waals surface area contributed by atoms with Crippen LogP contribution in [0.1, 0.15) is 26.7 Å². The minimum atomic E-state index is -1.07. The van der Waals surface area contributed by atoms with Crippen LogP contribution in [0.25, 0.3) is 0 Å². The molecule has 0 saturated carbocycles. The van der Waals surface area contributed by atoms with Gasteiger partial charge in [-0.1, -0.05) is 13.8 Å². The third-order valence-corrected chi connectivity index (χ3v) is 3.90. The minimum Gasteiger partial charge on any atom is -0.368 e. The molecule has 9 heteroatoms. The lowest BCUT2D eigenvalue weighted by molar-refractivity contribution is -0.384. The average Bonchev–Trinajstić information content (AvgIpc) is 2.92. The van der Waals surface area contributed by atoms with Crippen molar-refractivity contribution in [3.8, 4) is 0 Å². The highest BCUT2D eigenvalue weighted by molar-refractivity contribution is 5.85. The Morgan fingerprint density at radius 1 is 1.52 bits per heavy atom. The molecule has 1 heterocycles. The molecule has 0 aliphatic carbocycles. The summed E-state index contributed by atoms with van der Waals surface area (Å²) in [6.07, 6.45) is -0.175. The van der Waals surface area contributed by atoms with E-state index in [2.05, 4.69) is 10.6 Å². The van der Waals surface area contributed by atoms with E-state index in [9.17, 15) is 24.4 Å². The zero-order chi connectivity index (χ0) is 18.6. The Morgan fingerprint density at radius 3 is 2.80 bits per heavy atom. The summed E-state index contributed by atoms with van der Waals surface area (Å²) in [4.78, 5) is 23.0. The average molecular weight is 355 g/mol. The number of nitro groups is 1. The van der Waals surface area contributed by atoms with Crippen molar-refractivity contribution in [3.05, 3.63) is 34.1 Å². The molecular formula is C16H22FN3O5. The maximum Gasteiger partial charge on any atom is 0.295 e. The van der Waals surface area contributed by atoms with E-state index in [1.807, 2.05) is 13.8 Å². The van der Waals surface area contributed by atoms with Gasteiger partial charge in [-0.2, -0.15) is 0 Å². The lowest BCUT2D eigenvalue weighted by Crippen LogP contribution is -2.48. The van der Waals surface area contributed by atoms with Gasteiger partial charge in [0.05, 0.1) is 23.6 Å². The number of halogens is 1. The maximum absolute atomic E-state index is 13.3. The van der Waals surface area contributed by atoms with Gasteiger partial charge in [-0.05, 0) is 30.9 Å². The fourth-order valence-corrected chi connectivity index (χ4v) is 2.67. The summed E-state index contributed by atoms with van der Waals surface area (Å²) >= 11 is 0. The Hall–Kier alpha value is -2.26. The van der Waals surface area contributed by atoms with Gasteiger partial charge in [-0.25, -0.2) is 4.39 Å². The summed E-state index contributed by atoms with van der Waals surface area (Å²) in [5.41, 5.74) is -0.374. The fraction of sp³-hybridized carbons (Fsp3) is 0.562. The zero-order valence-corrected chi connectivity index (χ0v) is 14.1. The van der Waals surface area contributed by atoms with E-state index in [4.69, 9.17) is 4.74 Å². The second kappa shape index (κ2) is 8.21. The molecule has 8 nitrogen and oxygen atoms in total. The number of hydrogen-bond acceptors (Lipinski definition) is 6. The van der Waals surface area contributed by atoms with Crippen LogP contribution in [0.2, 0.25) is 0 Å². The molecule has 2 rings (SSSR count). The van der Waals surface area contributed by atoms with Gasteiger partial charge in [0.1, 0.15) is 17.5 Å². The van der Waals surface area contributed by atoms with E-state index >= 15 is 0 Å². The molecule has 1 aromatic rings. The van der Waals surface area contributed by atoms with Crippen LogP contribution in [0.5, 0.6) is 0 Å². The Labute approximate surface area is 144 Å². The summed E-state index contributed by atoms with van der Waals surface area (Å²) in [7, 11) is 0. The summed E-state index contributed by atoms with van der Waals surface area (Å²) in [5, 5.41) is 26.3. The molecule has 1 saturated heterocycles. The van der Waals surface area contributed by atoms with Gasteiger partial charge in [-0.3, -0.25) is 14.9 Å². The third kappa shape index (κ3) is 5.10. The van der Waals surface area contributed by atoms with Gasteiger partial charge in [-0.15, -0.1) is 0 Å². The Kier molecular flexibility index (Phi) is 6.27. The van der Waals surface area contributed by atoms with E-state index in [0.717, 1.165) is 12.1 Å². The third-order valence-electron chi connectivity index (χ3n) is 3.90. The summed E-state index contributed by atoms with van der Waals surface area (Å²) in [6.45, 7) is 4.17. The summed E-state index contributed by atoms with van der Waals surface area (Å²) < 4.78 is 18.3. The van der Waals surface area contributed by atoms with Gasteiger partial charge in [0, 0.05) is 0 Å². The van der Waals surface area contributed by atoms with Gasteiger partial charge in [0.25, 0.3) is 5.69 Å². The van der Waals surface area contributed by atoms with Crippen LogP contribution in [0.15, 0.2) is 18.2 Å². The van der Waals surface area contributed by atoms with Crippen LogP contribution in [0, 0.1) is 21.8 Å². The SMILES string of the molecule is CC(C)CC(Nc1ccc(F)cc1[N+](=O)[O-])C(=O)NC1CCOC1O. The fourth-order valence-electron chi connectivity index (χ4n) is 2.67. The molecule has 1 fully saturated rings. The smallest absolute Gasteiger partial charge is 0.295 e. The number of aliphatic hydroxyl groups is 1. The van der Waals surface area contributed by atoms with Crippen molar-refractivity contribution >= 4 is 17.3 Å². The molecule has 0 aromatic heterocycles. The first kappa shape index (κ1) is 19.1. The van der Waals surface area contributed by atoms with Crippen molar-refractivity contribution in [2.45, 2.75) is 45.1 Å². The van der Waals surface area contributed by atoms with E-state index in [1.54, 1.807) is 0 Å². The number of carbonyl (C=O) groups is 1. The molecule has 0 spiro atoms. The minimum absolute atomic E-state index is 0.0652. The lowest BCUT2D eigenvalue weighted by atomic mass is 10.0. The number of aliphatic hydroxyl groups excluding tert-OH is 1. The largest absolute Gasteiger partial charge is 0.368 e.